The van der Waals surface area contributed by atoms with Crippen LogP contribution in [0.4, 0.5) is 10.1 Å². The molecule has 0 aliphatic rings. The van der Waals surface area contributed by atoms with Gasteiger partial charge < -0.3 is 5.73 Å². The number of nitrogen functional groups attached to an aromatic ring is 1. The van der Waals surface area contributed by atoms with Crippen LogP contribution in [0.3, 0.4) is 0 Å². The third kappa shape index (κ3) is 3.24. The first-order chi connectivity index (χ1) is 9.51. The Morgan fingerprint density at radius 2 is 2.05 bits per heavy atom. The Morgan fingerprint density at radius 3 is 2.70 bits per heavy atom. The van der Waals surface area contributed by atoms with Gasteiger partial charge in [-0.2, -0.15) is 5.26 Å². The standard InChI is InChI=1S/C14H10BrFN2OS/c15-11-2-4-14(13(18)6-11)20(19)8-10-5-9(7-17)1-3-12(10)16/h1-6H,8,18H2. The lowest BCUT2D eigenvalue weighted by molar-refractivity contribution is 0.615. The average molecular weight is 353 g/mol. The number of rotatable bonds is 3. The summed E-state index contributed by atoms with van der Waals surface area (Å²) in [7, 11) is -1.47. The highest BCUT2D eigenvalue weighted by Crippen LogP contribution is 2.24. The van der Waals surface area contributed by atoms with E-state index in [4.69, 9.17) is 11.0 Å². The second-order valence-corrected chi connectivity index (χ2v) is 6.43. The maximum absolute atomic E-state index is 13.7. The van der Waals surface area contributed by atoms with Crippen LogP contribution < -0.4 is 5.73 Å². The minimum Gasteiger partial charge on any atom is -0.398 e. The summed E-state index contributed by atoms with van der Waals surface area (Å²) in [6, 6.07) is 10.9. The predicted octanol–water partition coefficient (Wildman–Crippen LogP) is 3.35. The van der Waals surface area contributed by atoms with Crippen molar-refractivity contribution < 1.29 is 8.60 Å². The molecule has 0 saturated carbocycles. The van der Waals surface area contributed by atoms with Gasteiger partial charge in [0.1, 0.15) is 5.82 Å². The summed E-state index contributed by atoms with van der Waals surface area (Å²) in [4.78, 5) is 0.454. The maximum atomic E-state index is 13.7. The molecule has 2 N–H and O–H groups in total. The molecule has 102 valence electrons. The van der Waals surface area contributed by atoms with E-state index in [1.54, 1.807) is 18.2 Å². The van der Waals surface area contributed by atoms with Crippen LogP contribution >= 0.6 is 15.9 Å². The molecule has 0 aliphatic heterocycles. The molecular weight excluding hydrogens is 343 g/mol. The average Bonchev–Trinajstić information content (AvgIpc) is 2.41. The zero-order valence-electron chi connectivity index (χ0n) is 10.3. The minimum absolute atomic E-state index is 0.0206. The molecule has 0 bridgehead atoms. The summed E-state index contributed by atoms with van der Waals surface area (Å²) in [5.41, 5.74) is 6.76. The SMILES string of the molecule is N#Cc1ccc(F)c(CS(=O)c2ccc(Br)cc2N)c1. The lowest BCUT2D eigenvalue weighted by Crippen LogP contribution is -2.03. The zero-order chi connectivity index (χ0) is 14.7. The molecule has 20 heavy (non-hydrogen) atoms. The van der Waals surface area contributed by atoms with Gasteiger partial charge in [-0.05, 0) is 36.4 Å². The summed E-state index contributed by atoms with van der Waals surface area (Å²) in [6.45, 7) is 0. The molecule has 0 amide bonds. The number of hydrogen-bond acceptors (Lipinski definition) is 3. The molecular formula is C14H10BrFN2OS. The highest BCUT2D eigenvalue weighted by Gasteiger charge is 2.12. The monoisotopic (exact) mass is 352 g/mol. The first-order valence-corrected chi connectivity index (χ1v) is 7.74. The van der Waals surface area contributed by atoms with E-state index in [9.17, 15) is 8.60 Å². The minimum atomic E-state index is -1.47. The van der Waals surface area contributed by atoms with Crippen molar-refractivity contribution in [1.29, 1.82) is 5.26 Å². The van der Waals surface area contributed by atoms with Crippen LogP contribution in [0.5, 0.6) is 0 Å². The lowest BCUT2D eigenvalue weighted by Gasteiger charge is -2.07. The van der Waals surface area contributed by atoms with Crippen LogP contribution in [-0.2, 0) is 16.6 Å². The Balaban J connectivity index is 2.30. The van der Waals surface area contributed by atoms with Gasteiger partial charge in [0.05, 0.1) is 33.1 Å². The molecule has 0 heterocycles. The largest absolute Gasteiger partial charge is 0.398 e. The number of halogens is 2. The van der Waals surface area contributed by atoms with Gasteiger partial charge in [0.2, 0.25) is 0 Å². The van der Waals surface area contributed by atoms with Gasteiger partial charge in [-0.3, -0.25) is 4.21 Å². The van der Waals surface area contributed by atoms with E-state index in [0.717, 1.165) is 4.47 Å². The van der Waals surface area contributed by atoms with Gasteiger partial charge in [-0.25, -0.2) is 4.39 Å². The first kappa shape index (κ1) is 14.7. The third-order valence-corrected chi connectivity index (χ3v) is 4.61. The van der Waals surface area contributed by atoms with Gasteiger partial charge in [-0.1, -0.05) is 15.9 Å². The molecule has 3 nitrogen and oxygen atoms in total. The number of anilines is 1. The van der Waals surface area contributed by atoms with Crippen molar-refractivity contribution >= 4 is 32.4 Å². The van der Waals surface area contributed by atoms with Gasteiger partial charge in [0.15, 0.2) is 0 Å². The lowest BCUT2D eigenvalue weighted by atomic mass is 10.1. The number of hydrogen-bond donors (Lipinski definition) is 1. The van der Waals surface area contributed by atoms with Crippen molar-refractivity contribution in [2.24, 2.45) is 0 Å². The molecule has 2 rings (SSSR count). The van der Waals surface area contributed by atoms with E-state index in [-0.39, 0.29) is 11.3 Å². The number of benzene rings is 2. The van der Waals surface area contributed by atoms with Gasteiger partial charge in [0, 0.05) is 15.7 Å². The molecule has 0 saturated heterocycles. The Labute approximate surface area is 126 Å². The van der Waals surface area contributed by atoms with Crippen molar-refractivity contribution in [2.45, 2.75) is 10.6 Å². The van der Waals surface area contributed by atoms with Crippen LogP contribution in [0.15, 0.2) is 45.8 Å². The van der Waals surface area contributed by atoms with Crippen molar-refractivity contribution in [2.75, 3.05) is 5.73 Å². The fraction of sp³-hybridized carbons (Fsp3) is 0.0714. The Bertz CT molecular complexity index is 728. The maximum Gasteiger partial charge on any atom is 0.127 e. The van der Waals surface area contributed by atoms with Gasteiger partial charge in [0.25, 0.3) is 0 Å². The summed E-state index contributed by atoms with van der Waals surface area (Å²) >= 11 is 3.27. The fourth-order valence-corrected chi connectivity index (χ4v) is 3.28. The van der Waals surface area contributed by atoms with Crippen LogP contribution in [0, 0.1) is 17.1 Å². The molecule has 1 unspecified atom stereocenters. The first-order valence-electron chi connectivity index (χ1n) is 5.63. The smallest absolute Gasteiger partial charge is 0.127 e. The fourth-order valence-electron chi connectivity index (χ4n) is 1.70. The molecule has 2 aromatic carbocycles. The van der Waals surface area contributed by atoms with Crippen molar-refractivity contribution in [3.63, 3.8) is 0 Å². The summed E-state index contributed by atoms with van der Waals surface area (Å²) < 4.78 is 26.7. The molecule has 2 aromatic rings. The van der Waals surface area contributed by atoms with E-state index in [0.29, 0.717) is 16.1 Å². The molecule has 0 aliphatic carbocycles. The van der Waals surface area contributed by atoms with Crippen LogP contribution in [0.1, 0.15) is 11.1 Å². The highest BCUT2D eigenvalue weighted by molar-refractivity contribution is 9.10. The molecule has 6 heteroatoms. The van der Waals surface area contributed by atoms with E-state index < -0.39 is 16.6 Å². The Hall–Kier alpha value is -1.71. The van der Waals surface area contributed by atoms with Crippen molar-refractivity contribution in [1.82, 2.24) is 0 Å². The summed E-state index contributed by atoms with van der Waals surface area (Å²) in [5, 5.41) is 8.81. The van der Waals surface area contributed by atoms with Crippen LogP contribution in [0.25, 0.3) is 0 Å². The van der Waals surface area contributed by atoms with Gasteiger partial charge in [-0.15, -0.1) is 0 Å². The van der Waals surface area contributed by atoms with E-state index in [1.165, 1.54) is 18.2 Å². The molecule has 0 radical (unpaired) electrons. The van der Waals surface area contributed by atoms with Crippen molar-refractivity contribution in [3.8, 4) is 6.07 Å². The third-order valence-electron chi connectivity index (χ3n) is 2.68. The second kappa shape index (κ2) is 6.16. The molecule has 0 aromatic heterocycles. The van der Waals surface area contributed by atoms with Crippen molar-refractivity contribution in [3.05, 3.63) is 57.8 Å². The molecule has 1 atom stereocenters. The second-order valence-electron chi connectivity index (χ2n) is 4.09. The quantitative estimate of drug-likeness (QED) is 0.861. The van der Waals surface area contributed by atoms with Gasteiger partial charge >= 0.3 is 0 Å². The van der Waals surface area contributed by atoms with Crippen LogP contribution in [-0.4, -0.2) is 4.21 Å². The zero-order valence-corrected chi connectivity index (χ0v) is 12.7. The topological polar surface area (TPSA) is 66.9 Å². The highest BCUT2D eigenvalue weighted by atomic mass is 79.9. The van der Waals surface area contributed by atoms with E-state index in [1.807, 2.05) is 6.07 Å². The van der Waals surface area contributed by atoms with Crippen LogP contribution in [0.2, 0.25) is 0 Å². The Morgan fingerprint density at radius 1 is 1.30 bits per heavy atom. The summed E-state index contributed by atoms with van der Waals surface area (Å²) in [6.07, 6.45) is 0. The predicted molar refractivity (Wildman–Crippen MR) is 79.8 cm³/mol. The normalized spacial score (nSPS) is 11.8. The summed E-state index contributed by atoms with van der Waals surface area (Å²) in [5.74, 6) is -0.499. The number of nitriles is 1. The molecule has 0 fully saturated rings. The van der Waals surface area contributed by atoms with E-state index in [2.05, 4.69) is 15.9 Å². The van der Waals surface area contributed by atoms with E-state index >= 15 is 0 Å². The molecule has 0 spiro atoms. The number of nitrogens with zero attached hydrogens (tertiary/aromatic N) is 1. The number of nitrogens with two attached hydrogens (primary N) is 1. The Kier molecular flexibility index (Phi) is 4.53.